The summed E-state index contributed by atoms with van der Waals surface area (Å²) in [5.41, 5.74) is 1.07. The Labute approximate surface area is 148 Å². The molecule has 1 amide bonds. The molecule has 6 nitrogen and oxygen atoms in total. The summed E-state index contributed by atoms with van der Waals surface area (Å²) in [6.07, 6.45) is 7.21. The van der Waals surface area contributed by atoms with Crippen molar-refractivity contribution in [2.45, 2.75) is 50.5 Å². The summed E-state index contributed by atoms with van der Waals surface area (Å²) in [5.74, 6) is 0.400. The predicted molar refractivity (Wildman–Crippen MR) is 90.8 cm³/mol. The smallest absolute Gasteiger partial charge is 0.226 e. The van der Waals surface area contributed by atoms with Gasteiger partial charge in [-0.2, -0.15) is 0 Å². The Balaban J connectivity index is 1.37. The molecule has 0 aromatic carbocycles. The number of hydrogen-bond donors (Lipinski definition) is 0. The Kier molecular flexibility index (Phi) is 5.29. The summed E-state index contributed by atoms with van der Waals surface area (Å²) in [6.45, 7) is 3.24. The zero-order chi connectivity index (χ0) is 17.1. The van der Waals surface area contributed by atoms with Crippen LogP contribution in [0.2, 0.25) is 0 Å². The van der Waals surface area contributed by atoms with E-state index in [-0.39, 0.29) is 30.1 Å². The zero-order valence-electron chi connectivity index (χ0n) is 14.5. The van der Waals surface area contributed by atoms with Crippen molar-refractivity contribution in [3.8, 4) is 0 Å². The van der Waals surface area contributed by atoms with Crippen LogP contribution in [0.15, 0.2) is 24.5 Å². The van der Waals surface area contributed by atoms with E-state index in [9.17, 15) is 4.79 Å². The molecule has 0 bridgehead atoms. The quantitative estimate of drug-likeness (QED) is 0.832. The van der Waals surface area contributed by atoms with Crippen LogP contribution in [0.3, 0.4) is 0 Å². The van der Waals surface area contributed by atoms with E-state index in [1.165, 1.54) is 0 Å². The van der Waals surface area contributed by atoms with Crippen LogP contribution in [0.5, 0.6) is 0 Å². The van der Waals surface area contributed by atoms with Gasteiger partial charge in [0.2, 0.25) is 5.91 Å². The summed E-state index contributed by atoms with van der Waals surface area (Å²) in [4.78, 5) is 19.1. The Morgan fingerprint density at radius 3 is 2.92 bits per heavy atom. The molecule has 1 saturated carbocycles. The van der Waals surface area contributed by atoms with Gasteiger partial charge in [0.05, 0.1) is 25.4 Å². The van der Waals surface area contributed by atoms with Crippen LogP contribution in [0.25, 0.3) is 0 Å². The van der Waals surface area contributed by atoms with Gasteiger partial charge in [-0.05, 0) is 37.3 Å². The third-order valence-electron chi connectivity index (χ3n) is 5.58. The highest BCUT2D eigenvalue weighted by atomic mass is 16.5. The molecule has 3 heterocycles. The first-order valence-electron chi connectivity index (χ1n) is 9.33. The highest BCUT2D eigenvalue weighted by molar-refractivity contribution is 5.79. The highest BCUT2D eigenvalue weighted by Gasteiger charge is 2.46. The molecular formula is C19H26N2O4. The number of carbonyl (C=O) groups is 1. The summed E-state index contributed by atoms with van der Waals surface area (Å²) >= 11 is 0. The Morgan fingerprint density at radius 2 is 2.12 bits per heavy atom. The predicted octanol–water partition coefficient (Wildman–Crippen LogP) is 1.78. The fourth-order valence-corrected chi connectivity index (χ4v) is 4.23. The number of fused-ring (bicyclic) bond motifs is 1. The third-order valence-corrected chi connectivity index (χ3v) is 5.58. The molecule has 4 rings (SSSR count). The Bertz CT molecular complexity index is 576. The van der Waals surface area contributed by atoms with E-state index in [0.29, 0.717) is 33.0 Å². The second-order valence-electron chi connectivity index (χ2n) is 7.11. The van der Waals surface area contributed by atoms with Gasteiger partial charge in [-0.15, -0.1) is 0 Å². The number of morpholine rings is 1. The topological polar surface area (TPSA) is 60.9 Å². The number of pyridine rings is 1. The molecule has 3 aliphatic rings. The number of ether oxygens (including phenoxy) is 3. The normalized spacial score (nSPS) is 30.2. The summed E-state index contributed by atoms with van der Waals surface area (Å²) < 4.78 is 17.5. The van der Waals surface area contributed by atoms with Gasteiger partial charge in [0.25, 0.3) is 0 Å². The van der Waals surface area contributed by atoms with E-state index in [4.69, 9.17) is 14.2 Å². The molecule has 0 N–H and O–H groups in total. The maximum Gasteiger partial charge on any atom is 0.226 e. The number of nitrogens with zero attached hydrogens (tertiary/aromatic N) is 2. The van der Waals surface area contributed by atoms with Crippen molar-refractivity contribution < 1.29 is 19.0 Å². The van der Waals surface area contributed by atoms with E-state index in [1.807, 2.05) is 18.3 Å². The van der Waals surface area contributed by atoms with Crippen LogP contribution in [0.1, 0.15) is 31.2 Å². The van der Waals surface area contributed by atoms with Crippen molar-refractivity contribution >= 4 is 5.91 Å². The fraction of sp³-hybridized carbons (Fsp3) is 0.684. The minimum Gasteiger partial charge on any atom is -0.381 e. The minimum absolute atomic E-state index is 0.00536. The molecule has 1 aromatic heterocycles. The van der Waals surface area contributed by atoms with Crippen molar-refractivity contribution in [3.05, 3.63) is 30.1 Å². The van der Waals surface area contributed by atoms with Gasteiger partial charge in [0.1, 0.15) is 6.10 Å². The Morgan fingerprint density at radius 1 is 1.24 bits per heavy atom. The maximum absolute atomic E-state index is 12.9. The maximum atomic E-state index is 12.9. The summed E-state index contributed by atoms with van der Waals surface area (Å²) in [5, 5.41) is 0. The molecule has 1 aliphatic carbocycles. The first-order chi connectivity index (χ1) is 12.3. The molecule has 136 valence electrons. The second kappa shape index (κ2) is 7.81. The number of hydrogen-bond acceptors (Lipinski definition) is 5. The number of rotatable bonds is 4. The number of aromatic nitrogens is 1. The van der Waals surface area contributed by atoms with Crippen LogP contribution in [-0.4, -0.2) is 60.4 Å². The SMILES string of the molecule is O=C(C1CCOCC1)N1CCO[C@H]2[C@@H](OCc3cccnc3)CC[C@@H]21. The monoisotopic (exact) mass is 346 g/mol. The second-order valence-corrected chi connectivity index (χ2v) is 7.11. The fourth-order valence-electron chi connectivity index (χ4n) is 4.23. The standard InChI is InChI=1S/C19H26N2O4/c22-19(15-5-9-23-10-6-15)21-8-11-24-18-16(21)3-4-17(18)25-13-14-2-1-7-20-12-14/h1-2,7,12,15-18H,3-6,8-11,13H2/t16-,17-,18+/m0/s1. The molecule has 1 aromatic rings. The lowest BCUT2D eigenvalue weighted by molar-refractivity contribution is -0.158. The van der Waals surface area contributed by atoms with Crippen molar-refractivity contribution in [2.75, 3.05) is 26.4 Å². The van der Waals surface area contributed by atoms with Crippen molar-refractivity contribution in [1.82, 2.24) is 9.88 Å². The molecule has 0 radical (unpaired) electrons. The van der Waals surface area contributed by atoms with E-state index in [1.54, 1.807) is 6.20 Å². The lowest BCUT2D eigenvalue weighted by atomic mass is 9.97. The average molecular weight is 346 g/mol. The largest absolute Gasteiger partial charge is 0.381 e. The van der Waals surface area contributed by atoms with Gasteiger partial charge < -0.3 is 19.1 Å². The minimum atomic E-state index is -0.00536. The van der Waals surface area contributed by atoms with Crippen LogP contribution in [0.4, 0.5) is 0 Å². The van der Waals surface area contributed by atoms with Gasteiger partial charge in [0.15, 0.2) is 0 Å². The van der Waals surface area contributed by atoms with E-state index in [2.05, 4.69) is 9.88 Å². The number of carbonyl (C=O) groups excluding carboxylic acids is 1. The zero-order valence-corrected chi connectivity index (χ0v) is 14.5. The molecule has 25 heavy (non-hydrogen) atoms. The van der Waals surface area contributed by atoms with Crippen molar-refractivity contribution in [1.29, 1.82) is 0 Å². The summed E-state index contributed by atoms with van der Waals surface area (Å²) in [7, 11) is 0. The number of amides is 1. The van der Waals surface area contributed by atoms with Gasteiger partial charge in [-0.1, -0.05) is 6.07 Å². The Hall–Kier alpha value is -1.50. The lowest BCUT2D eigenvalue weighted by Crippen LogP contribution is -2.55. The van der Waals surface area contributed by atoms with Gasteiger partial charge in [-0.25, -0.2) is 0 Å². The molecular weight excluding hydrogens is 320 g/mol. The molecule has 2 saturated heterocycles. The summed E-state index contributed by atoms with van der Waals surface area (Å²) in [6, 6.07) is 4.09. The van der Waals surface area contributed by atoms with E-state index < -0.39 is 0 Å². The lowest BCUT2D eigenvalue weighted by Gasteiger charge is -2.41. The van der Waals surface area contributed by atoms with Gasteiger partial charge in [0, 0.05) is 38.1 Å². The molecule has 3 fully saturated rings. The van der Waals surface area contributed by atoms with Gasteiger partial charge >= 0.3 is 0 Å². The van der Waals surface area contributed by atoms with Crippen molar-refractivity contribution in [3.63, 3.8) is 0 Å². The molecule has 0 unspecified atom stereocenters. The van der Waals surface area contributed by atoms with Crippen LogP contribution in [-0.2, 0) is 25.6 Å². The van der Waals surface area contributed by atoms with Gasteiger partial charge in [-0.3, -0.25) is 9.78 Å². The van der Waals surface area contributed by atoms with Crippen LogP contribution < -0.4 is 0 Å². The van der Waals surface area contributed by atoms with E-state index >= 15 is 0 Å². The van der Waals surface area contributed by atoms with Crippen LogP contribution >= 0.6 is 0 Å². The molecule has 6 heteroatoms. The van der Waals surface area contributed by atoms with Crippen LogP contribution in [0, 0.1) is 5.92 Å². The molecule has 3 atom stereocenters. The first kappa shape index (κ1) is 16.9. The average Bonchev–Trinajstić information content (AvgIpc) is 3.10. The third kappa shape index (κ3) is 3.71. The molecule has 0 spiro atoms. The first-order valence-corrected chi connectivity index (χ1v) is 9.33. The highest BCUT2D eigenvalue weighted by Crippen LogP contribution is 2.34. The van der Waals surface area contributed by atoms with E-state index in [0.717, 1.165) is 31.2 Å². The molecule has 2 aliphatic heterocycles. The van der Waals surface area contributed by atoms with Crippen molar-refractivity contribution in [2.24, 2.45) is 5.92 Å².